The van der Waals surface area contributed by atoms with Crippen molar-refractivity contribution in [3.05, 3.63) is 107 Å². The highest BCUT2D eigenvalue weighted by Crippen LogP contribution is 2.23. The number of benzene rings is 4. The number of rotatable bonds is 7. The first-order valence-corrected chi connectivity index (χ1v) is 10.8. The van der Waals surface area contributed by atoms with Gasteiger partial charge >= 0.3 is 0 Å². The number of hydrazone groups is 1. The number of carbonyl (C=O) groups excluding carboxylic acids is 1. The monoisotopic (exact) mass is 458 g/mol. The van der Waals surface area contributed by atoms with Crippen LogP contribution in [-0.4, -0.2) is 18.7 Å². The van der Waals surface area contributed by atoms with Crippen LogP contribution >= 0.6 is 11.6 Å². The minimum absolute atomic E-state index is 0.325. The zero-order valence-corrected chi connectivity index (χ0v) is 19.1. The van der Waals surface area contributed by atoms with Crippen molar-refractivity contribution in [1.29, 1.82) is 0 Å². The van der Waals surface area contributed by atoms with Crippen molar-refractivity contribution in [2.24, 2.45) is 5.10 Å². The van der Waals surface area contributed by atoms with Crippen molar-refractivity contribution in [3.63, 3.8) is 0 Å². The van der Waals surface area contributed by atoms with E-state index in [1.165, 1.54) is 0 Å². The number of amides is 1. The molecule has 0 saturated carbocycles. The molecule has 0 unspecified atom stereocenters. The van der Waals surface area contributed by atoms with Crippen LogP contribution in [0.4, 0.5) is 0 Å². The fourth-order valence-electron chi connectivity index (χ4n) is 3.36. The maximum atomic E-state index is 12.8. The maximum absolute atomic E-state index is 12.8. The summed E-state index contributed by atoms with van der Waals surface area (Å²) in [6.07, 6.45) is 0. The number of para-hydroxylation sites is 1. The van der Waals surface area contributed by atoms with E-state index >= 15 is 0 Å². The first-order valence-electron chi connectivity index (χ1n) is 10.4. The standard InChI is InChI=1S/C27H23ClN2O3/c1-18(20-9-10-22-16-24(32-2)14-11-21(22)15-20)29-30-27(31)25-5-3-4-6-26(25)33-17-19-7-12-23(28)13-8-19/h3-16H,17H2,1-2H3,(H,30,31). The molecule has 4 aromatic carbocycles. The Labute approximate surface area is 197 Å². The first-order chi connectivity index (χ1) is 16.0. The van der Waals surface area contributed by atoms with Gasteiger partial charge in [0, 0.05) is 5.02 Å². The second kappa shape index (κ2) is 10.2. The molecule has 1 N–H and O–H groups in total. The number of ether oxygens (including phenoxy) is 2. The molecule has 4 rings (SSSR count). The zero-order valence-electron chi connectivity index (χ0n) is 18.3. The Morgan fingerprint density at radius 2 is 1.67 bits per heavy atom. The lowest BCUT2D eigenvalue weighted by molar-refractivity contribution is 0.0950. The molecule has 1 amide bonds. The normalized spacial score (nSPS) is 11.3. The summed E-state index contributed by atoms with van der Waals surface area (Å²) >= 11 is 5.93. The highest BCUT2D eigenvalue weighted by atomic mass is 35.5. The lowest BCUT2D eigenvalue weighted by Crippen LogP contribution is -2.20. The smallest absolute Gasteiger partial charge is 0.275 e. The molecule has 0 fully saturated rings. The van der Waals surface area contributed by atoms with Crippen LogP contribution in [0.3, 0.4) is 0 Å². The minimum atomic E-state index is -0.341. The first kappa shape index (κ1) is 22.4. The highest BCUT2D eigenvalue weighted by molar-refractivity contribution is 6.30. The molecular formula is C27H23ClN2O3. The molecule has 0 aromatic heterocycles. The van der Waals surface area contributed by atoms with E-state index in [4.69, 9.17) is 21.1 Å². The van der Waals surface area contributed by atoms with E-state index in [9.17, 15) is 4.79 Å². The molecule has 0 aliphatic carbocycles. The minimum Gasteiger partial charge on any atom is -0.497 e. The summed E-state index contributed by atoms with van der Waals surface area (Å²) in [6, 6.07) is 26.4. The lowest BCUT2D eigenvalue weighted by Gasteiger charge is -2.11. The summed E-state index contributed by atoms with van der Waals surface area (Å²) in [5.41, 5.74) is 5.62. The number of methoxy groups -OCH3 is 1. The van der Waals surface area contributed by atoms with E-state index in [-0.39, 0.29) is 5.91 Å². The summed E-state index contributed by atoms with van der Waals surface area (Å²) in [7, 11) is 1.65. The van der Waals surface area contributed by atoms with Crippen molar-refractivity contribution in [1.82, 2.24) is 5.43 Å². The van der Waals surface area contributed by atoms with Crippen molar-refractivity contribution in [2.75, 3.05) is 7.11 Å². The number of halogens is 1. The number of nitrogens with one attached hydrogen (secondary N) is 1. The second-order valence-corrected chi connectivity index (χ2v) is 7.91. The van der Waals surface area contributed by atoms with Gasteiger partial charge in [0.1, 0.15) is 18.1 Å². The summed E-state index contributed by atoms with van der Waals surface area (Å²) in [4.78, 5) is 12.8. The average Bonchev–Trinajstić information content (AvgIpc) is 2.86. The van der Waals surface area contributed by atoms with Crippen molar-refractivity contribution in [3.8, 4) is 11.5 Å². The van der Waals surface area contributed by atoms with Crippen LogP contribution in [0.25, 0.3) is 10.8 Å². The van der Waals surface area contributed by atoms with Gasteiger partial charge in [0.05, 0.1) is 18.4 Å². The molecular weight excluding hydrogens is 436 g/mol. The summed E-state index contributed by atoms with van der Waals surface area (Å²) in [5, 5.41) is 7.10. The van der Waals surface area contributed by atoms with Crippen LogP contribution in [0.2, 0.25) is 5.02 Å². The molecule has 0 saturated heterocycles. The van der Waals surface area contributed by atoms with Gasteiger partial charge in [0.25, 0.3) is 5.91 Å². The number of nitrogens with zero attached hydrogens (tertiary/aromatic N) is 1. The number of fused-ring (bicyclic) bond motifs is 1. The Kier molecular flexibility index (Phi) is 6.91. The fourth-order valence-corrected chi connectivity index (χ4v) is 3.48. The molecule has 0 aliphatic rings. The molecule has 33 heavy (non-hydrogen) atoms. The van der Waals surface area contributed by atoms with E-state index in [2.05, 4.69) is 10.5 Å². The SMILES string of the molecule is COc1ccc2cc(C(C)=NNC(=O)c3ccccc3OCc3ccc(Cl)cc3)ccc2c1. The van der Waals surface area contributed by atoms with E-state index in [1.807, 2.05) is 61.5 Å². The van der Waals surface area contributed by atoms with Crippen LogP contribution in [0, 0.1) is 0 Å². The van der Waals surface area contributed by atoms with Crippen LogP contribution < -0.4 is 14.9 Å². The third-order valence-corrected chi connectivity index (χ3v) is 5.48. The van der Waals surface area contributed by atoms with Crippen LogP contribution in [-0.2, 0) is 6.61 Å². The van der Waals surface area contributed by atoms with Crippen LogP contribution in [0.5, 0.6) is 11.5 Å². The van der Waals surface area contributed by atoms with Gasteiger partial charge in [-0.3, -0.25) is 4.79 Å². The molecule has 4 aromatic rings. The van der Waals surface area contributed by atoms with Crippen molar-refractivity contribution in [2.45, 2.75) is 13.5 Å². The molecule has 166 valence electrons. The highest BCUT2D eigenvalue weighted by Gasteiger charge is 2.12. The molecule has 0 heterocycles. The largest absolute Gasteiger partial charge is 0.497 e. The summed E-state index contributed by atoms with van der Waals surface area (Å²) in [6.45, 7) is 2.18. The predicted octanol–water partition coefficient (Wildman–Crippen LogP) is 6.23. The maximum Gasteiger partial charge on any atom is 0.275 e. The van der Waals surface area contributed by atoms with Gasteiger partial charge in [-0.2, -0.15) is 5.10 Å². The van der Waals surface area contributed by atoms with Crippen molar-refractivity contribution >= 4 is 34.0 Å². The van der Waals surface area contributed by atoms with Gasteiger partial charge in [-0.15, -0.1) is 0 Å². The molecule has 0 bridgehead atoms. The van der Waals surface area contributed by atoms with Gasteiger partial charge < -0.3 is 9.47 Å². The third-order valence-electron chi connectivity index (χ3n) is 5.23. The van der Waals surface area contributed by atoms with Crippen LogP contribution in [0.15, 0.2) is 90.0 Å². The topological polar surface area (TPSA) is 59.9 Å². The Morgan fingerprint density at radius 3 is 2.45 bits per heavy atom. The molecule has 0 spiro atoms. The fraction of sp³-hybridized carbons (Fsp3) is 0.111. The number of hydrogen-bond acceptors (Lipinski definition) is 4. The predicted molar refractivity (Wildman–Crippen MR) is 132 cm³/mol. The number of carbonyl (C=O) groups is 1. The van der Waals surface area contributed by atoms with Crippen LogP contribution in [0.1, 0.15) is 28.4 Å². The quantitative estimate of drug-likeness (QED) is 0.263. The summed E-state index contributed by atoms with van der Waals surface area (Å²) in [5.74, 6) is 0.953. The third kappa shape index (κ3) is 5.51. The molecule has 5 nitrogen and oxygen atoms in total. The van der Waals surface area contributed by atoms with Gasteiger partial charge in [-0.25, -0.2) is 5.43 Å². The Hall–Kier alpha value is -3.83. The zero-order chi connectivity index (χ0) is 23.2. The average molecular weight is 459 g/mol. The molecule has 0 radical (unpaired) electrons. The van der Waals surface area contributed by atoms with E-state index in [1.54, 1.807) is 37.4 Å². The van der Waals surface area contributed by atoms with Gasteiger partial charge in [-0.1, -0.05) is 54.1 Å². The molecule has 0 aliphatic heterocycles. The van der Waals surface area contributed by atoms with Crippen molar-refractivity contribution < 1.29 is 14.3 Å². The Morgan fingerprint density at radius 1 is 0.939 bits per heavy atom. The lowest BCUT2D eigenvalue weighted by atomic mass is 10.0. The molecule has 6 heteroatoms. The molecule has 0 atom stereocenters. The summed E-state index contributed by atoms with van der Waals surface area (Å²) < 4.78 is 11.2. The second-order valence-electron chi connectivity index (χ2n) is 7.48. The van der Waals surface area contributed by atoms with E-state index in [0.717, 1.165) is 27.6 Å². The van der Waals surface area contributed by atoms with Gasteiger partial charge in [-0.05, 0) is 71.3 Å². The van der Waals surface area contributed by atoms with Gasteiger partial charge in [0.15, 0.2) is 0 Å². The Balaban J connectivity index is 1.46. The number of hydrogen-bond donors (Lipinski definition) is 1. The Bertz CT molecular complexity index is 1320. The van der Waals surface area contributed by atoms with E-state index in [0.29, 0.717) is 28.7 Å². The van der Waals surface area contributed by atoms with E-state index < -0.39 is 0 Å². The van der Waals surface area contributed by atoms with Gasteiger partial charge in [0.2, 0.25) is 0 Å².